The van der Waals surface area contributed by atoms with Crippen molar-refractivity contribution in [2.24, 2.45) is 0 Å². The third-order valence-electron chi connectivity index (χ3n) is 4.21. The maximum absolute atomic E-state index is 11.7. The zero-order valence-corrected chi connectivity index (χ0v) is 15.6. The van der Waals surface area contributed by atoms with Gasteiger partial charge in [-0.2, -0.15) is 0 Å². The van der Waals surface area contributed by atoms with E-state index in [2.05, 4.69) is 26.9 Å². The molecule has 3 nitrogen and oxygen atoms in total. The summed E-state index contributed by atoms with van der Waals surface area (Å²) >= 11 is 11.2. The minimum absolute atomic E-state index is 0.0510. The summed E-state index contributed by atoms with van der Waals surface area (Å²) in [5.41, 5.74) is 1.08. The van der Waals surface area contributed by atoms with Crippen LogP contribution >= 0.6 is 38.9 Å². The van der Waals surface area contributed by atoms with Crippen molar-refractivity contribution < 1.29 is 9.90 Å². The molecule has 0 bridgehead atoms. The lowest BCUT2D eigenvalue weighted by atomic mass is 9.95. The maximum atomic E-state index is 11.7. The molecule has 1 aromatic heterocycles. The van der Waals surface area contributed by atoms with E-state index in [9.17, 15) is 9.90 Å². The highest BCUT2D eigenvalue weighted by Gasteiger charge is 2.35. The first kappa shape index (κ1) is 17.0. The minimum atomic E-state index is -0.737. The Morgan fingerprint density at radius 3 is 2.61 bits per heavy atom. The van der Waals surface area contributed by atoms with E-state index in [1.165, 1.54) is 0 Å². The molecule has 3 rings (SSSR count). The van der Waals surface area contributed by atoms with Gasteiger partial charge >= 0.3 is 5.97 Å². The van der Waals surface area contributed by atoms with Crippen LogP contribution in [0.25, 0.3) is 0 Å². The molecule has 6 heteroatoms. The summed E-state index contributed by atoms with van der Waals surface area (Å²) in [6.45, 7) is 0.791. The Morgan fingerprint density at radius 2 is 2.00 bits per heavy atom. The Kier molecular flexibility index (Phi) is 5.42. The van der Waals surface area contributed by atoms with E-state index in [0.717, 1.165) is 33.6 Å². The third-order valence-corrected chi connectivity index (χ3v) is 6.14. The SMILES string of the molecule is O=C(O)C1CCCCN1C(c1ccc(Cl)cc1)c1ccc(Br)s1. The van der Waals surface area contributed by atoms with Gasteiger partial charge in [0, 0.05) is 9.90 Å². The molecule has 1 saturated heterocycles. The summed E-state index contributed by atoms with van der Waals surface area (Å²) in [5.74, 6) is -0.737. The predicted octanol–water partition coefficient (Wildman–Crippen LogP) is 5.19. The molecule has 1 fully saturated rings. The van der Waals surface area contributed by atoms with Crippen LogP contribution in [0.15, 0.2) is 40.2 Å². The van der Waals surface area contributed by atoms with Crippen LogP contribution in [-0.2, 0) is 4.79 Å². The van der Waals surface area contributed by atoms with Gasteiger partial charge in [0.1, 0.15) is 6.04 Å². The number of halogens is 2. The van der Waals surface area contributed by atoms with Crippen molar-refractivity contribution in [3.8, 4) is 0 Å². The fourth-order valence-electron chi connectivity index (χ4n) is 3.17. The summed E-state index contributed by atoms with van der Waals surface area (Å²) in [6, 6.07) is 11.3. The first-order chi connectivity index (χ1) is 11.1. The molecule has 1 aliphatic rings. The molecule has 1 aromatic carbocycles. The lowest BCUT2D eigenvalue weighted by Crippen LogP contribution is -2.46. The van der Waals surface area contributed by atoms with Gasteiger partial charge in [0.25, 0.3) is 0 Å². The second kappa shape index (κ2) is 7.34. The van der Waals surface area contributed by atoms with Gasteiger partial charge in [-0.15, -0.1) is 11.3 Å². The zero-order valence-electron chi connectivity index (χ0n) is 12.4. The van der Waals surface area contributed by atoms with Gasteiger partial charge in [0.2, 0.25) is 0 Å². The van der Waals surface area contributed by atoms with Gasteiger partial charge in [0.15, 0.2) is 0 Å². The highest BCUT2D eigenvalue weighted by atomic mass is 79.9. The lowest BCUT2D eigenvalue weighted by molar-refractivity contribution is -0.145. The van der Waals surface area contributed by atoms with Gasteiger partial charge in [0.05, 0.1) is 9.83 Å². The van der Waals surface area contributed by atoms with Crippen molar-refractivity contribution >= 4 is 44.8 Å². The number of nitrogens with zero attached hydrogens (tertiary/aromatic N) is 1. The number of benzene rings is 1. The van der Waals surface area contributed by atoms with Crippen LogP contribution in [0.2, 0.25) is 5.02 Å². The van der Waals surface area contributed by atoms with E-state index in [-0.39, 0.29) is 6.04 Å². The maximum Gasteiger partial charge on any atom is 0.320 e. The Balaban J connectivity index is 2.03. The number of carboxylic acid groups (broad SMARTS) is 1. The van der Waals surface area contributed by atoms with E-state index < -0.39 is 12.0 Å². The molecule has 0 spiro atoms. The highest BCUT2D eigenvalue weighted by molar-refractivity contribution is 9.11. The molecule has 122 valence electrons. The minimum Gasteiger partial charge on any atom is -0.480 e. The Hall–Kier alpha value is -0.880. The standard InChI is InChI=1S/C17H17BrClNO2S/c18-15-9-8-14(23-15)16(11-4-6-12(19)7-5-11)20-10-2-1-3-13(20)17(21)22/h4-9,13,16H,1-3,10H2,(H,21,22). The average Bonchev–Trinajstić information content (AvgIpc) is 2.96. The number of carbonyl (C=O) groups is 1. The zero-order chi connectivity index (χ0) is 16.4. The average molecular weight is 415 g/mol. The smallest absolute Gasteiger partial charge is 0.320 e. The highest BCUT2D eigenvalue weighted by Crippen LogP contribution is 2.38. The molecular weight excluding hydrogens is 398 g/mol. The Morgan fingerprint density at radius 1 is 1.26 bits per heavy atom. The largest absolute Gasteiger partial charge is 0.480 e. The number of hydrogen-bond donors (Lipinski definition) is 1. The van der Waals surface area contributed by atoms with Crippen LogP contribution in [-0.4, -0.2) is 28.6 Å². The van der Waals surface area contributed by atoms with Gasteiger partial charge in [-0.1, -0.05) is 30.2 Å². The molecule has 23 heavy (non-hydrogen) atoms. The summed E-state index contributed by atoms with van der Waals surface area (Å²) < 4.78 is 1.05. The monoisotopic (exact) mass is 413 g/mol. The summed E-state index contributed by atoms with van der Waals surface area (Å²) in [4.78, 5) is 15.0. The molecule has 0 radical (unpaired) electrons. The van der Waals surface area contributed by atoms with Crippen LogP contribution in [0.5, 0.6) is 0 Å². The first-order valence-corrected chi connectivity index (χ1v) is 9.54. The van der Waals surface area contributed by atoms with Crippen molar-refractivity contribution in [3.63, 3.8) is 0 Å². The molecule has 0 amide bonds. The molecule has 2 atom stereocenters. The number of rotatable bonds is 4. The molecular formula is C17H17BrClNO2S. The topological polar surface area (TPSA) is 40.5 Å². The van der Waals surface area contributed by atoms with Crippen molar-refractivity contribution in [2.45, 2.75) is 31.3 Å². The van der Waals surface area contributed by atoms with Crippen molar-refractivity contribution in [2.75, 3.05) is 6.54 Å². The van der Waals surface area contributed by atoms with Crippen molar-refractivity contribution in [1.29, 1.82) is 0 Å². The first-order valence-electron chi connectivity index (χ1n) is 7.55. The van der Waals surface area contributed by atoms with E-state index in [0.29, 0.717) is 11.4 Å². The fourth-order valence-corrected chi connectivity index (χ4v) is 4.87. The molecule has 0 saturated carbocycles. The molecule has 2 unspecified atom stereocenters. The number of likely N-dealkylation sites (tertiary alicyclic amines) is 1. The van der Waals surface area contributed by atoms with E-state index in [4.69, 9.17) is 11.6 Å². The van der Waals surface area contributed by atoms with Gasteiger partial charge in [-0.3, -0.25) is 9.69 Å². The Labute approximate surface area is 153 Å². The third kappa shape index (κ3) is 3.79. The van der Waals surface area contributed by atoms with E-state index in [1.807, 2.05) is 30.3 Å². The van der Waals surface area contributed by atoms with Crippen LogP contribution in [0.3, 0.4) is 0 Å². The van der Waals surface area contributed by atoms with Gasteiger partial charge in [-0.05, 0) is 65.1 Å². The van der Waals surface area contributed by atoms with Crippen LogP contribution in [0, 0.1) is 0 Å². The number of hydrogen-bond acceptors (Lipinski definition) is 3. The molecule has 1 N–H and O–H groups in total. The number of piperidine rings is 1. The Bertz CT molecular complexity index is 688. The fraction of sp³-hybridized carbons (Fsp3) is 0.353. The van der Waals surface area contributed by atoms with Gasteiger partial charge in [-0.25, -0.2) is 0 Å². The molecule has 0 aliphatic carbocycles. The van der Waals surface area contributed by atoms with Crippen molar-refractivity contribution in [1.82, 2.24) is 4.90 Å². The van der Waals surface area contributed by atoms with E-state index >= 15 is 0 Å². The number of aliphatic carboxylic acids is 1. The lowest BCUT2D eigenvalue weighted by Gasteiger charge is -2.39. The predicted molar refractivity (Wildman–Crippen MR) is 97.3 cm³/mol. The van der Waals surface area contributed by atoms with E-state index in [1.54, 1.807) is 11.3 Å². The molecule has 2 heterocycles. The van der Waals surface area contributed by atoms with Crippen LogP contribution in [0.1, 0.15) is 35.7 Å². The molecule has 1 aliphatic heterocycles. The second-order valence-electron chi connectivity index (χ2n) is 5.68. The normalized spacial score (nSPS) is 20.3. The molecule has 2 aromatic rings. The van der Waals surface area contributed by atoms with Crippen molar-refractivity contribution in [3.05, 3.63) is 55.6 Å². The quantitative estimate of drug-likeness (QED) is 0.748. The number of carboxylic acids is 1. The summed E-state index contributed by atoms with van der Waals surface area (Å²) in [5, 5.41) is 10.3. The van der Waals surface area contributed by atoms with Crippen LogP contribution < -0.4 is 0 Å². The summed E-state index contributed by atoms with van der Waals surface area (Å²) in [6.07, 6.45) is 2.70. The van der Waals surface area contributed by atoms with Gasteiger partial charge < -0.3 is 5.11 Å². The van der Waals surface area contributed by atoms with Crippen LogP contribution in [0.4, 0.5) is 0 Å². The number of thiophene rings is 1. The second-order valence-corrected chi connectivity index (χ2v) is 8.61. The summed E-state index contributed by atoms with van der Waals surface area (Å²) in [7, 11) is 0.